The zero-order valence-corrected chi connectivity index (χ0v) is 13.8. The SMILES string of the molecule is CCN(CC)c1ccc(CN(C)c2ccc(Cl)cc2)cc1. The summed E-state index contributed by atoms with van der Waals surface area (Å²) in [6.45, 7) is 7.35. The zero-order chi connectivity index (χ0) is 15.2. The molecule has 2 aromatic carbocycles. The molecular weight excluding hydrogens is 280 g/mol. The van der Waals surface area contributed by atoms with Crippen LogP contribution in [0.25, 0.3) is 0 Å². The average molecular weight is 303 g/mol. The van der Waals surface area contributed by atoms with E-state index in [2.05, 4.69) is 55.0 Å². The van der Waals surface area contributed by atoms with Crippen molar-refractivity contribution in [2.75, 3.05) is 29.9 Å². The summed E-state index contributed by atoms with van der Waals surface area (Å²) in [6.07, 6.45) is 0. The molecule has 21 heavy (non-hydrogen) atoms. The molecule has 0 amide bonds. The molecule has 0 heterocycles. The first-order chi connectivity index (χ1) is 10.1. The van der Waals surface area contributed by atoms with Gasteiger partial charge in [-0.2, -0.15) is 0 Å². The third-order valence-corrected chi connectivity index (χ3v) is 4.00. The van der Waals surface area contributed by atoms with Gasteiger partial charge in [-0.1, -0.05) is 23.7 Å². The molecule has 0 bridgehead atoms. The first-order valence-electron chi connectivity index (χ1n) is 7.44. The minimum atomic E-state index is 0.774. The Morgan fingerprint density at radius 2 is 1.33 bits per heavy atom. The van der Waals surface area contributed by atoms with Gasteiger partial charge in [0.2, 0.25) is 0 Å². The first kappa shape index (κ1) is 15.7. The van der Waals surface area contributed by atoms with Crippen molar-refractivity contribution >= 4 is 23.0 Å². The van der Waals surface area contributed by atoms with E-state index in [1.54, 1.807) is 0 Å². The Bertz CT molecular complexity index is 544. The summed E-state index contributed by atoms with van der Waals surface area (Å²) in [5.74, 6) is 0. The molecule has 0 aromatic heterocycles. The third-order valence-electron chi connectivity index (χ3n) is 3.75. The average Bonchev–Trinajstić information content (AvgIpc) is 2.51. The summed E-state index contributed by atoms with van der Waals surface area (Å²) in [6, 6.07) is 16.8. The lowest BCUT2D eigenvalue weighted by molar-refractivity contribution is 0.864. The van der Waals surface area contributed by atoms with Gasteiger partial charge < -0.3 is 9.80 Å². The van der Waals surface area contributed by atoms with Crippen LogP contribution in [0.2, 0.25) is 5.02 Å². The predicted octanol–water partition coefficient (Wildman–Crippen LogP) is 4.82. The van der Waals surface area contributed by atoms with Crippen LogP contribution in [0.15, 0.2) is 48.5 Å². The maximum absolute atomic E-state index is 5.93. The second-order valence-corrected chi connectivity index (χ2v) is 5.61. The van der Waals surface area contributed by atoms with E-state index in [1.165, 1.54) is 16.9 Å². The molecule has 0 spiro atoms. The van der Waals surface area contributed by atoms with E-state index >= 15 is 0 Å². The van der Waals surface area contributed by atoms with Crippen LogP contribution in [0.5, 0.6) is 0 Å². The van der Waals surface area contributed by atoms with Crippen LogP contribution in [-0.4, -0.2) is 20.1 Å². The van der Waals surface area contributed by atoms with E-state index in [0.717, 1.165) is 24.7 Å². The van der Waals surface area contributed by atoms with E-state index in [1.807, 2.05) is 24.3 Å². The van der Waals surface area contributed by atoms with Crippen molar-refractivity contribution in [1.29, 1.82) is 0 Å². The fourth-order valence-corrected chi connectivity index (χ4v) is 2.59. The van der Waals surface area contributed by atoms with Crippen LogP contribution in [0, 0.1) is 0 Å². The predicted molar refractivity (Wildman–Crippen MR) is 93.6 cm³/mol. The normalized spacial score (nSPS) is 10.5. The van der Waals surface area contributed by atoms with Crippen molar-refractivity contribution < 1.29 is 0 Å². The minimum absolute atomic E-state index is 0.774. The molecule has 2 rings (SSSR count). The van der Waals surface area contributed by atoms with E-state index in [4.69, 9.17) is 11.6 Å². The summed E-state index contributed by atoms with van der Waals surface area (Å²) in [7, 11) is 2.10. The van der Waals surface area contributed by atoms with Gasteiger partial charge >= 0.3 is 0 Å². The van der Waals surface area contributed by atoms with Gasteiger partial charge in [0.1, 0.15) is 0 Å². The Balaban J connectivity index is 2.04. The lowest BCUT2D eigenvalue weighted by Crippen LogP contribution is -2.21. The van der Waals surface area contributed by atoms with Crippen LogP contribution in [-0.2, 0) is 6.54 Å². The minimum Gasteiger partial charge on any atom is -0.372 e. The molecule has 0 aliphatic carbocycles. The van der Waals surface area contributed by atoms with Crippen molar-refractivity contribution in [2.45, 2.75) is 20.4 Å². The van der Waals surface area contributed by atoms with E-state index in [0.29, 0.717) is 0 Å². The molecule has 0 aliphatic heterocycles. The summed E-state index contributed by atoms with van der Waals surface area (Å²) in [5, 5.41) is 0.774. The van der Waals surface area contributed by atoms with Gasteiger partial charge in [0.05, 0.1) is 0 Å². The van der Waals surface area contributed by atoms with Gasteiger partial charge in [-0.25, -0.2) is 0 Å². The highest BCUT2D eigenvalue weighted by Gasteiger charge is 2.04. The highest BCUT2D eigenvalue weighted by atomic mass is 35.5. The Hall–Kier alpha value is -1.67. The van der Waals surface area contributed by atoms with Gasteiger partial charge in [0.15, 0.2) is 0 Å². The van der Waals surface area contributed by atoms with Crippen molar-refractivity contribution in [1.82, 2.24) is 0 Å². The Kier molecular flexibility index (Phi) is 5.51. The quantitative estimate of drug-likeness (QED) is 0.754. The molecule has 112 valence electrons. The van der Waals surface area contributed by atoms with E-state index in [-0.39, 0.29) is 0 Å². The van der Waals surface area contributed by atoms with Crippen LogP contribution in [0.1, 0.15) is 19.4 Å². The molecule has 0 saturated carbocycles. The molecule has 2 nitrogen and oxygen atoms in total. The monoisotopic (exact) mass is 302 g/mol. The first-order valence-corrected chi connectivity index (χ1v) is 7.82. The van der Waals surface area contributed by atoms with Crippen molar-refractivity contribution in [3.8, 4) is 0 Å². The number of hydrogen-bond donors (Lipinski definition) is 0. The lowest BCUT2D eigenvalue weighted by atomic mass is 10.1. The topological polar surface area (TPSA) is 6.48 Å². The van der Waals surface area contributed by atoms with Gasteiger partial charge in [0, 0.05) is 43.1 Å². The summed E-state index contributed by atoms with van der Waals surface area (Å²) < 4.78 is 0. The number of benzene rings is 2. The van der Waals surface area contributed by atoms with Crippen molar-refractivity contribution in [3.05, 3.63) is 59.1 Å². The molecule has 0 radical (unpaired) electrons. The van der Waals surface area contributed by atoms with E-state index < -0.39 is 0 Å². The molecular formula is C18H23ClN2. The maximum Gasteiger partial charge on any atom is 0.0426 e. The summed E-state index contributed by atoms with van der Waals surface area (Å²) in [4.78, 5) is 4.58. The molecule has 0 aliphatic rings. The Morgan fingerprint density at radius 3 is 1.86 bits per heavy atom. The van der Waals surface area contributed by atoms with Gasteiger partial charge in [-0.15, -0.1) is 0 Å². The largest absolute Gasteiger partial charge is 0.372 e. The lowest BCUT2D eigenvalue weighted by Gasteiger charge is -2.22. The number of halogens is 1. The van der Waals surface area contributed by atoms with Crippen LogP contribution >= 0.6 is 11.6 Å². The van der Waals surface area contributed by atoms with Crippen molar-refractivity contribution in [3.63, 3.8) is 0 Å². The number of anilines is 2. The molecule has 2 aromatic rings. The molecule has 0 fully saturated rings. The second-order valence-electron chi connectivity index (χ2n) is 5.17. The molecule has 0 saturated heterocycles. The van der Waals surface area contributed by atoms with Crippen LogP contribution < -0.4 is 9.80 Å². The second kappa shape index (κ2) is 7.37. The molecule has 0 unspecified atom stereocenters. The molecule has 3 heteroatoms. The zero-order valence-electron chi connectivity index (χ0n) is 13.0. The van der Waals surface area contributed by atoms with Gasteiger partial charge in [0.25, 0.3) is 0 Å². The van der Waals surface area contributed by atoms with Crippen LogP contribution in [0.4, 0.5) is 11.4 Å². The highest BCUT2D eigenvalue weighted by molar-refractivity contribution is 6.30. The Morgan fingerprint density at radius 1 is 0.810 bits per heavy atom. The Labute approximate surface area is 133 Å². The summed E-state index contributed by atoms with van der Waals surface area (Å²) >= 11 is 5.93. The van der Waals surface area contributed by atoms with Gasteiger partial charge in [-0.3, -0.25) is 0 Å². The standard InChI is InChI=1S/C18H23ClN2/c1-4-21(5-2)18-10-6-15(7-11-18)14-20(3)17-12-8-16(19)9-13-17/h6-13H,4-5,14H2,1-3H3. The number of nitrogens with zero attached hydrogens (tertiary/aromatic N) is 2. The molecule has 0 atom stereocenters. The fourth-order valence-electron chi connectivity index (χ4n) is 2.46. The number of rotatable bonds is 6. The summed E-state index contributed by atoms with van der Waals surface area (Å²) in [5.41, 5.74) is 3.77. The third kappa shape index (κ3) is 4.15. The maximum atomic E-state index is 5.93. The van der Waals surface area contributed by atoms with Gasteiger partial charge in [-0.05, 0) is 55.8 Å². The van der Waals surface area contributed by atoms with Crippen LogP contribution in [0.3, 0.4) is 0 Å². The highest BCUT2D eigenvalue weighted by Crippen LogP contribution is 2.20. The van der Waals surface area contributed by atoms with E-state index in [9.17, 15) is 0 Å². The molecule has 0 N–H and O–H groups in total. The smallest absolute Gasteiger partial charge is 0.0426 e. The van der Waals surface area contributed by atoms with Crippen molar-refractivity contribution in [2.24, 2.45) is 0 Å². The fraction of sp³-hybridized carbons (Fsp3) is 0.333. The number of hydrogen-bond acceptors (Lipinski definition) is 2.